The van der Waals surface area contributed by atoms with Crippen molar-refractivity contribution in [2.45, 2.75) is 38.4 Å². The van der Waals surface area contributed by atoms with Gasteiger partial charge in [0.05, 0.1) is 0 Å². The molecule has 0 aromatic carbocycles. The van der Waals surface area contributed by atoms with Gasteiger partial charge in [-0.2, -0.15) is 11.8 Å². The third-order valence-corrected chi connectivity index (χ3v) is 8.29. The average molecular weight is 330 g/mol. The van der Waals surface area contributed by atoms with Gasteiger partial charge in [-0.25, -0.2) is 0 Å². The van der Waals surface area contributed by atoms with Crippen LogP contribution in [0.1, 0.15) is 33.1 Å². The third-order valence-electron chi connectivity index (χ3n) is 1.78. The van der Waals surface area contributed by atoms with E-state index in [2.05, 4.69) is 25.6 Å². The van der Waals surface area contributed by atoms with Crippen LogP contribution in [-0.2, 0) is 0 Å². The lowest BCUT2D eigenvalue weighted by Crippen LogP contribution is -2.14. The Morgan fingerprint density at radius 1 is 1.18 bits per heavy atom. The molecule has 0 saturated carbocycles. The van der Waals surface area contributed by atoms with Gasteiger partial charge in [-0.3, -0.25) is 0 Å². The molecule has 0 aromatic heterocycles. The Bertz CT molecular complexity index is 181. The van der Waals surface area contributed by atoms with E-state index in [1.807, 2.05) is 29.8 Å². The van der Waals surface area contributed by atoms with Gasteiger partial charge in [-0.15, -0.1) is 0 Å². The summed E-state index contributed by atoms with van der Waals surface area (Å²) in [5.41, 5.74) is 0. The highest BCUT2D eigenvalue weighted by Crippen LogP contribution is 2.38. The summed E-state index contributed by atoms with van der Waals surface area (Å²) < 4.78 is 0.933. The summed E-state index contributed by atoms with van der Waals surface area (Å²) in [5.74, 6) is 2.83. The van der Waals surface area contributed by atoms with Gasteiger partial charge in [-0.05, 0) is 45.0 Å². The molecule has 0 radical (unpaired) electrons. The Kier molecular flexibility index (Phi) is 13.3. The van der Waals surface area contributed by atoms with Crippen LogP contribution >= 0.6 is 55.4 Å². The lowest BCUT2D eigenvalue weighted by molar-refractivity contribution is 0.648. The maximum Gasteiger partial charge on any atom is 0.147 e. The molecular formula is C11H23NS5. The van der Waals surface area contributed by atoms with Crippen molar-refractivity contribution in [2.24, 2.45) is 0 Å². The molecule has 0 atom stereocenters. The maximum absolute atomic E-state index is 5.08. The molecule has 1 fully saturated rings. The van der Waals surface area contributed by atoms with E-state index < -0.39 is 0 Å². The molecule has 1 heterocycles. The van der Waals surface area contributed by atoms with Crippen molar-refractivity contribution < 1.29 is 0 Å². The maximum atomic E-state index is 5.08. The first-order valence-corrected chi connectivity index (χ1v) is 10.9. The predicted molar refractivity (Wildman–Crippen MR) is 95.4 cm³/mol. The first-order valence-electron chi connectivity index (χ1n) is 5.83. The van der Waals surface area contributed by atoms with Gasteiger partial charge in [0.25, 0.3) is 0 Å². The second-order valence-corrected chi connectivity index (χ2v) is 10.5. The van der Waals surface area contributed by atoms with Crippen molar-refractivity contribution in [1.29, 1.82) is 0 Å². The minimum Gasteiger partial charge on any atom is -0.363 e. The van der Waals surface area contributed by atoms with Gasteiger partial charge in [0, 0.05) is 19.3 Å². The molecule has 1 aliphatic rings. The van der Waals surface area contributed by atoms with Crippen molar-refractivity contribution in [3.05, 3.63) is 0 Å². The summed E-state index contributed by atoms with van der Waals surface area (Å²) in [4.78, 5) is 1.95. The highest BCUT2D eigenvalue weighted by Gasteiger charge is 2.01. The third kappa shape index (κ3) is 13.5. The van der Waals surface area contributed by atoms with Crippen LogP contribution in [0, 0.1) is 0 Å². The molecule has 1 nitrogen and oxygen atoms in total. The first-order chi connectivity index (χ1) is 8.04. The van der Waals surface area contributed by atoms with E-state index in [9.17, 15) is 0 Å². The van der Waals surface area contributed by atoms with Crippen molar-refractivity contribution in [3.63, 3.8) is 0 Å². The molecule has 0 N–H and O–H groups in total. The molecule has 102 valence electrons. The van der Waals surface area contributed by atoms with E-state index in [0.717, 1.165) is 4.32 Å². The van der Waals surface area contributed by atoms with E-state index in [0.29, 0.717) is 5.25 Å². The van der Waals surface area contributed by atoms with Gasteiger partial charge < -0.3 is 4.90 Å². The average Bonchev–Trinajstić information content (AvgIpc) is 2.31. The summed E-state index contributed by atoms with van der Waals surface area (Å²) in [6, 6.07) is 0. The number of hydrogen-bond donors (Lipinski definition) is 0. The van der Waals surface area contributed by atoms with Gasteiger partial charge in [0.1, 0.15) is 4.32 Å². The van der Waals surface area contributed by atoms with Crippen molar-refractivity contribution in [3.8, 4) is 0 Å². The topological polar surface area (TPSA) is 3.24 Å². The summed E-state index contributed by atoms with van der Waals surface area (Å²) in [6.45, 7) is 4.36. The van der Waals surface area contributed by atoms with Crippen molar-refractivity contribution >= 4 is 59.7 Å². The fourth-order valence-corrected chi connectivity index (χ4v) is 6.57. The fraction of sp³-hybridized carbons (Fsp3) is 0.909. The zero-order chi connectivity index (χ0) is 13.1. The molecule has 0 spiro atoms. The smallest absolute Gasteiger partial charge is 0.147 e. The molecule has 17 heavy (non-hydrogen) atoms. The first kappa shape index (κ1) is 18.3. The van der Waals surface area contributed by atoms with Crippen LogP contribution in [0.15, 0.2) is 0 Å². The number of nitrogens with zero attached hydrogens (tertiary/aromatic N) is 1. The van der Waals surface area contributed by atoms with Crippen LogP contribution < -0.4 is 0 Å². The van der Waals surface area contributed by atoms with Crippen molar-refractivity contribution in [2.75, 3.05) is 25.6 Å². The lowest BCUT2D eigenvalue weighted by Gasteiger charge is -2.11. The summed E-state index contributed by atoms with van der Waals surface area (Å²) >= 11 is 7.18. The normalized spacial score (nSPS) is 15.1. The van der Waals surface area contributed by atoms with Gasteiger partial charge in [0.2, 0.25) is 0 Å². The summed E-state index contributed by atoms with van der Waals surface area (Å²) in [5, 5.41) is 0.664. The number of hydrogen-bond acceptors (Lipinski definition) is 5. The number of rotatable bonds is 3. The van der Waals surface area contributed by atoms with E-state index in [1.54, 1.807) is 20.6 Å². The van der Waals surface area contributed by atoms with E-state index in [1.165, 1.54) is 30.8 Å². The van der Waals surface area contributed by atoms with Gasteiger partial charge >= 0.3 is 0 Å². The van der Waals surface area contributed by atoms with Gasteiger partial charge in [0.15, 0.2) is 0 Å². The van der Waals surface area contributed by atoms with Crippen molar-refractivity contribution in [1.82, 2.24) is 4.90 Å². The Morgan fingerprint density at radius 3 is 2.06 bits per heavy atom. The monoisotopic (exact) mass is 329 g/mol. The minimum absolute atomic E-state index is 0.664. The van der Waals surface area contributed by atoms with Crippen LogP contribution in [0.2, 0.25) is 0 Å². The molecule has 1 aliphatic heterocycles. The summed E-state index contributed by atoms with van der Waals surface area (Å²) in [7, 11) is 9.18. The Morgan fingerprint density at radius 2 is 1.76 bits per heavy atom. The number of thioether (sulfide) groups is 1. The number of thiocarbonyl (C=S) groups is 1. The van der Waals surface area contributed by atoms with Gasteiger partial charge in [-0.1, -0.05) is 43.3 Å². The van der Waals surface area contributed by atoms with Crippen LogP contribution in [-0.4, -0.2) is 40.1 Å². The molecule has 1 saturated heterocycles. The molecule has 6 heteroatoms. The zero-order valence-corrected chi connectivity index (χ0v) is 15.2. The van der Waals surface area contributed by atoms with Crippen LogP contribution in [0.25, 0.3) is 0 Å². The standard InChI is InChI=1S/C6H13NS4.C5H10S/c1-5(2)9-11-10-6(8)7(3)4;1-2-4-6-5-3-1/h5H,1-4H3;1-5H2. The Labute approximate surface area is 128 Å². The second-order valence-electron chi connectivity index (χ2n) is 4.13. The van der Waals surface area contributed by atoms with E-state index >= 15 is 0 Å². The summed E-state index contributed by atoms with van der Waals surface area (Å²) in [6.07, 6.45) is 4.41. The SMILES string of the molecule is C1CCSCC1.CC(C)SSSC(=S)N(C)C. The quantitative estimate of drug-likeness (QED) is 0.515. The highest BCUT2D eigenvalue weighted by molar-refractivity contribution is 9.12. The second kappa shape index (κ2) is 12.3. The molecule has 0 aliphatic carbocycles. The van der Waals surface area contributed by atoms with Crippen LogP contribution in [0.5, 0.6) is 0 Å². The molecule has 0 unspecified atom stereocenters. The zero-order valence-electron chi connectivity index (χ0n) is 11.1. The molecule has 0 aromatic rings. The minimum atomic E-state index is 0.664. The molecule has 1 rings (SSSR count). The van der Waals surface area contributed by atoms with Crippen LogP contribution in [0.4, 0.5) is 0 Å². The molecule has 0 amide bonds. The fourth-order valence-electron chi connectivity index (χ4n) is 0.889. The Balaban J connectivity index is 0.000000354. The Hall–Kier alpha value is 1.29. The lowest BCUT2D eigenvalue weighted by atomic mass is 10.3. The predicted octanol–water partition coefficient (Wildman–Crippen LogP) is 5.17. The van der Waals surface area contributed by atoms with E-state index in [4.69, 9.17) is 12.2 Å². The molecule has 0 bridgehead atoms. The van der Waals surface area contributed by atoms with E-state index in [-0.39, 0.29) is 0 Å². The molecular weight excluding hydrogens is 306 g/mol. The van der Waals surface area contributed by atoms with Crippen LogP contribution in [0.3, 0.4) is 0 Å². The largest absolute Gasteiger partial charge is 0.363 e. The highest BCUT2D eigenvalue weighted by atomic mass is 33.5.